The van der Waals surface area contributed by atoms with Crippen molar-refractivity contribution in [2.75, 3.05) is 17.7 Å². The lowest BCUT2D eigenvalue weighted by atomic mass is 10.1. The number of nitrogens with one attached hydrogen (secondary N) is 2. The molecule has 0 bridgehead atoms. The van der Waals surface area contributed by atoms with Crippen LogP contribution in [0.4, 0.5) is 23.0 Å². The zero-order valence-corrected chi connectivity index (χ0v) is 14.7. The van der Waals surface area contributed by atoms with E-state index in [9.17, 15) is 0 Å². The Balaban J connectivity index is 1.79. The monoisotopic (exact) mass is 334 g/mol. The Morgan fingerprint density at radius 1 is 0.880 bits per heavy atom. The molecule has 128 valence electrons. The molecule has 5 heteroatoms. The molecule has 0 spiro atoms. The summed E-state index contributed by atoms with van der Waals surface area (Å²) >= 11 is 0. The highest BCUT2D eigenvalue weighted by molar-refractivity contribution is 5.64. The maximum Gasteiger partial charge on any atom is 0.136 e. The van der Waals surface area contributed by atoms with E-state index in [1.165, 1.54) is 5.56 Å². The number of rotatable bonds is 6. The van der Waals surface area contributed by atoms with Gasteiger partial charge in [0.2, 0.25) is 0 Å². The number of nitrogens with zero attached hydrogens (tertiary/aromatic N) is 2. The van der Waals surface area contributed by atoms with Crippen molar-refractivity contribution in [2.24, 2.45) is 0 Å². The zero-order chi connectivity index (χ0) is 17.6. The Labute approximate surface area is 148 Å². The zero-order valence-electron chi connectivity index (χ0n) is 14.7. The van der Waals surface area contributed by atoms with Crippen LogP contribution >= 0.6 is 0 Å². The molecule has 0 saturated carbocycles. The van der Waals surface area contributed by atoms with Gasteiger partial charge in [-0.15, -0.1) is 0 Å². The molecular weight excluding hydrogens is 312 g/mol. The van der Waals surface area contributed by atoms with Crippen molar-refractivity contribution in [3.63, 3.8) is 0 Å². The second-order valence-electron chi connectivity index (χ2n) is 5.72. The third kappa shape index (κ3) is 4.47. The van der Waals surface area contributed by atoms with Gasteiger partial charge in [0.1, 0.15) is 23.2 Å². The molecule has 3 rings (SSSR count). The Morgan fingerprint density at radius 3 is 2.20 bits per heavy atom. The summed E-state index contributed by atoms with van der Waals surface area (Å²) < 4.78 is 5.25. The van der Waals surface area contributed by atoms with E-state index < -0.39 is 0 Å². The molecule has 1 heterocycles. The second kappa shape index (κ2) is 7.66. The van der Waals surface area contributed by atoms with Gasteiger partial charge in [-0.25, -0.2) is 9.97 Å². The van der Waals surface area contributed by atoms with Gasteiger partial charge in [0.25, 0.3) is 0 Å². The topological polar surface area (TPSA) is 59.1 Å². The first-order valence-corrected chi connectivity index (χ1v) is 8.29. The Bertz CT molecular complexity index is 847. The number of hydrogen-bond acceptors (Lipinski definition) is 5. The number of methoxy groups -OCH3 is 1. The molecule has 2 aromatic carbocycles. The predicted octanol–water partition coefficient (Wildman–Crippen LogP) is 4.84. The minimum atomic E-state index is 0.695. The fourth-order valence-corrected chi connectivity index (χ4v) is 2.52. The first-order chi connectivity index (χ1) is 12.2. The van der Waals surface area contributed by atoms with E-state index in [1.807, 2.05) is 37.3 Å². The van der Waals surface area contributed by atoms with Gasteiger partial charge < -0.3 is 15.4 Å². The molecule has 0 atom stereocenters. The Kier molecular flexibility index (Phi) is 5.14. The highest BCUT2D eigenvalue weighted by atomic mass is 16.5. The minimum absolute atomic E-state index is 0.695. The molecule has 0 amide bonds. The summed E-state index contributed by atoms with van der Waals surface area (Å²) in [5.41, 5.74) is 3.23. The average molecular weight is 334 g/mol. The molecule has 0 aliphatic rings. The van der Waals surface area contributed by atoms with Gasteiger partial charge in [0, 0.05) is 23.5 Å². The van der Waals surface area contributed by atoms with E-state index in [1.54, 1.807) is 7.11 Å². The van der Waals surface area contributed by atoms with Crippen LogP contribution in [-0.4, -0.2) is 17.1 Å². The van der Waals surface area contributed by atoms with Crippen molar-refractivity contribution in [2.45, 2.75) is 20.3 Å². The molecular formula is C20H22N4O. The van der Waals surface area contributed by atoms with Crippen LogP contribution in [-0.2, 0) is 6.42 Å². The summed E-state index contributed by atoms with van der Waals surface area (Å²) in [6.45, 7) is 4.02. The van der Waals surface area contributed by atoms with Gasteiger partial charge >= 0.3 is 0 Å². The number of ether oxygens (including phenoxy) is 1. The lowest BCUT2D eigenvalue weighted by molar-refractivity contribution is 0.415. The maximum atomic E-state index is 5.25. The highest BCUT2D eigenvalue weighted by Gasteiger charge is 2.04. The summed E-state index contributed by atoms with van der Waals surface area (Å²) in [6.07, 6.45) is 1.03. The summed E-state index contributed by atoms with van der Waals surface area (Å²) in [4.78, 5) is 8.91. The van der Waals surface area contributed by atoms with Gasteiger partial charge in [0.15, 0.2) is 0 Å². The van der Waals surface area contributed by atoms with E-state index in [4.69, 9.17) is 4.74 Å². The van der Waals surface area contributed by atoms with Crippen LogP contribution in [0.15, 0.2) is 54.6 Å². The van der Waals surface area contributed by atoms with Crippen LogP contribution in [0.5, 0.6) is 5.75 Å². The molecule has 0 fully saturated rings. The number of hydrogen-bond donors (Lipinski definition) is 2. The van der Waals surface area contributed by atoms with Gasteiger partial charge in [-0.1, -0.05) is 25.1 Å². The van der Waals surface area contributed by atoms with E-state index >= 15 is 0 Å². The quantitative estimate of drug-likeness (QED) is 0.675. The van der Waals surface area contributed by atoms with E-state index in [2.05, 4.69) is 51.8 Å². The first kappa shape index (κ1) is 16.8. The van der Waals surface area contributed by atoms with E-state index in [0.717, 1.165) is 35.2 Å². The van der Waals surface area contributed by atoms with E-state index in [-0.39, 0.29) is 0 Å². The van der Waals surface area contributed by atoms with Crippen molar-refractivity contribution in [1.82, 2.24) is 9.97 Å². The number of aromatic nitrogens is 2. The molecule has 1 aromatic heterocycles. The highest BCUT2D eigenvalue weighted by Crippen LogP contribution is 2.23. The molecule has 3 aromatic rings. The van der Waals surface area contributed by atoms with Crippen LogP contribution in [0.3, 0.4) is 0 Å². The van der Waals surface area contributed by atoms with Gasteiger partial charge in [-0.2, -0.15) is 0 Å². The number of aryl methyl sites for hydroxylation is 2. The van der Waals surface area contributed by atoms with Gasteiger partial charge in [-0.05, 0) is 43.2 Å². The molecule has 5 nitrogen and oxygen atoms in total. The summed E-state index contributed by atoms with van der Waals surface area (Å²) in [7, 11) is 1.65. The lowest BCUT2D eigenvalue weighted by Crippen LogP contribution is -2.01. The summed E-state index contributed by atoms with van der Waals surface area (Å²) in [5, 5.41) is 6.62. The van der Waals surface area contributed by atoms with Crippen LogP contribution < -0.4 is 15.4 Å². The fourth-order valence-electron chi connectivity index (χ4n) is 2.52. The molecule has 0 radical (unpaired) electrons. The van der Waals surface area contributed by atoms with Crippen molar-refractivity contribution >= 4 is 23.0 Å². The van der Waals surface area contributed by atoms with Crippen LogP contribution in [0, 0.1) is 6.92 Å². The third-order valence-electron chi connectivity index (χ3n) is 3.81. The molecule has 0 unspecified atom stereocenters. The maximum absolute atomic E-state index is 5.25. The van der Waals surface area contributed by atoms with E-state index in [0.29, 0.717) is 5.82 Å². The minimum Gasteiger partial charge on any atom is -0.497 e. The molecule has 0 saturated heterocycles. The smallest absolute Gasteiger partial charge is 0.136 e. The number of benzene rings is 2. The molecule has 0 aliphatic carbocycles. The SMILES string of the molecule is CCc1ccc(Nc2cc(Nc3cccc(OC)c3)nc(C)n2)cc1. The van der Waals surface area contributed by atoms with Crippen molar-refractivity contribution in [3.8, 4) is 5.75 Å². The van der Waals surface area contributed by atoms with Crippen molar-refractivity contribution in [1.29, 1.82) is 0 Å². The van der Waals surface area contributed by atoms with Gasteiger partial charge in [0.05, 0.1) is 7.11 Å². The summed E-state index contributed by atoms with van der Waals surface area (Å²) in [6, 6.07) is 18.0. The average Bonchev–Trinajstić information content (AvgIpc) is 2.62. The molecule has 0 aliphatic heterocycles. The van der Waals surface area contributed by atoms with Crippen LogP contribution in [0.25, 0.3) is 0 Å². The Morgan fingerprint density at radius 2 is 1.56 bits per heavy atom. The Hall–Kier alpha value is -3.08. The predicted molar refractivity (Wildman–Crippen MR) is 102 cm³/mol. The lowest BCUT2D eigenvalue weighted by Gasteiger charge is -2.11. The van der Waals surface area contributed by atoms with Gasteiger partial charge in [-0.3, -0.25) is 0 Å². The van der Waals surface area contributed by atoms with Crippen LogP contribution in [0.1, 0.15) is 18.3 Å². The van der Waals surface area contributed by atoms with Crippen LogP contribution in [0.2, 0.25) is 0 Å². The summed E-state index contributed by atoms with van der Waals surface area (Å²) in [5.74, 6) is 2.97. The number of anilines is 4. The van der Waals surface area contributed by atoms with Crippen molar-refractivity contribution in [3.05, 3.63) is 66.0 Å². The third-order valence-corrected chi connectivity index (χ3v) is 3.81. The normalized spacial score (nSPS) is 10.4. The van der Waals surface area contributed by atoms with Crippen molar-refractivity contribution < 1.29 is 4.74 Å². The standard InChI is InChI=1S/C20H22N4O/c1-4-15-8-10-16(11-9-15)23-19-13-20(22-14(2)21-19)24-17-6-5-7-18(12-17)25-3/h5-13H,4H2,1-3H3,(H2,21,22,23,24). The molecule has 25 heavy (non-hydrogen) atoms. The fraction of sp³-hybridized carbons (Fsp3) is 0.200. The molecule has 2 N–H and O–H groups in total. The first-order valence-electron chi connectivity index (χ1n) is 8.29. The second-order valence-corrected chi connectivity index (χ2v) is 5.72. The largest absolute Gasteiger partial charge is 0.497 e.